The Bertz CT molecular complexity index is 1130. The number of carbonyl (C=O) groups is 2. The molecule has 3 aromatic rings. The fourth-order valence-corrected chi connectivity index (χ4v) is 3.96. The van der Waals surface area contributed by atoms with Crippen LogP contribution in [0.2, 0.25) is 0 Å². The molecule has 4 rings (SSSR count). The van der Waals surface area contributed by atoms with Crippen molar-refractivity contribution in [3.05, 3.63) is 71.1 Å². The van der Waals surface area contributed by atoms with E-state index in [2.05, 4.69) is 20.4 Å². The number of nitrogens with one attached hydrogen (secondary N) is 1. The van der Waals surface area contributed by atoms with E-state index >= 15 is 0 Å². The molecule has 1 atom stereocenters. The van der Waals surface area contributed by atoms with E-state index in [0.717, 1.165) is 24.2 Å². The van der Waals surface area contributed by atoms with E-state index in [4.69, 9.17) is 4.74 Å². The van der Waals surface area contributed by atoms with Crippen LogP contribution in [0.1, 0.15) is 56.8 Å². The van der Waals surface area contributed by atoms with Crippen molar-refractivity contribution in [2.75, 3.05) is 13.7 Å². The molecule has 1 aliphatic heterocycles. The van der Waals surface area contributed by atoms with Crippen LogP contribution in [-0.2, 0) is 13.6 Å². The first-order valence-corrected chi connectivity index (χ1v) is 10.5. The van der Waals surface area contributed by atoms with Gasteiger partial charge in [0.1, 0.15) is 17.3 Å². The molecule has 1 fully saturated rings. The molecular formula is C23H26N6O3. The van der Waals surface area contributed by atoms with Crippen molar-refractivity contribution >= 4 is 11.8 Å². The fourth-order valence-electron chi connectivity index (χ4n) is 3.96. The predicted octanol–water partition coefficient (Wildman–Crippen LogP) is 2.43. The number of aryl methyl sites for hydroxylation is 2. The van der Waals surface area contributed by atoms with Crippen molar-refractivity contribution in [2.24, 2.45) is 7.05 Å². The first kappa shape index (κ1) is 21.5. The van der Waals surface area contributed by atoms with Gasteiger partial charge < -0.3 is 15.0 Å². The van der Waals surface area contributed by atoms with Gasteiger partial charge in [0.15, 0.2) is 0 Å². The third-order valence-electron chi connectivity index (χ3n) is 5.66. The smallest absolute Gasteiger partial charge is 0.272 e. The molecule has 0 radical (unpaired) electrons. The highest BCUT2D eigenvalue weighted by molar-refractivity contribution is 5.96. The van der Waals surface area contributed by atoms with E-state index in [0.29, 0.717) is 35.9 Å². The Labute approximate surface area is 186 Å². The molecule has 166 valence electrons. The van der Waals surface area contributed by atoms with E-state index in [-0.39, 0.29) is 17.9 Å². The lowest BCUT2D eigenvalue weighted by Gasteiger charge is -2.25. The van der Waals surface area contributed by atoms with E-state index in [9.17, 15) is 9.59 Å². The molecular weight excluding hydrogens is 408 g/mol. The Morgan fingerprint density at radius 1 is 1.22 bits per heavy atom. The molecule has 1 aromatic carbocycles. The van der Waals surface area contributed by atoms with Crippen molar-refractivity contribution in [2.45, 2.75) is 32.4 Å². The first-order chi connectivity index (χ1) is 15.5. The monoisotopic (exact) mass is 434 g/mol. The largest absolute Gasteiger partial charge is 0.497 e. The van der Waals surface area contributed by atoms with Gasteiger partial charge in [-0.2, -0.15) is 5.10 Å². The van der Waals surface area contributed by atoms with E-state index < -0.39 is 0 Å². The lowest BCUT2D eigenvalue weighted by molar-refractivity contribution is 0.0718. The van der Waals surface area contributed by atoms with Gasteiger partial charge in [0.05, 0.1) is 24.4 Å². The van der Waals surface area contributed by atoms with Gasteiger partial charge in [0.2, 0.25) is 0 Å². The first-order valence-electron chi connectivity index (χ1n) is 10.5. The minimum absolute atomic E-state index is 0.117. The number of ether oxygens (including phenoxy) is 1. The summed E-state index contributed by atoms with van der Waals surface area (Å²) >= 11 is 0. The van der Waals surface area contributed by atoms with Crippen LogP contribution in [0.4, 0.5) is 0 Å². The summed E-state index contributed by atoms with van der Waals surface area (Å²) < 4.78 is 6.73. The minimum atomic E-state index is -0.291. The quantitative estimate of drug-likeness (QED) is 0.639. The van der Waals surface area contributed by atoms with Crippen molar-refractivity contribution in [1.82, 2.24) is 30.0 Å². The Morgan fingerprint density at radius 2 is 2.00 bits per heavy atom. The predicted molar refractivity (Wildman–Crippen MR) is 117 cm³/mol. The molecule has 0 bridgehead atoms. The molecule has 1 N–H and O–H groups in total. The van der Waals surface area contributed by atoms with Crippen LogP contribution in [0.25, 0.3) is 0 Å². The summed E-state index contributed by atoms with van der Waals surface area (Å²) in [5.74, 6) is 0.934. The number of aromatic nitrogens is 4. The molecule has 0 spiro atoms. The van der Waals surface area contributed by atoms with Crippen molar-refractivity contribution < 1.29 is 14.3 Å². The zero-order chi connectivity index (χ0) is 22.7. The number of nitrogens with zero attached hydrogens (tertiary/aromatic N) is 5. The summed E-state index contributed by atoms with van der Waals surface area (Å²) in [6, 6.07) is 8.91. The molecule has 32 heavy (non-hydrogen) atoms. The summed E-state index contributed by atoms with van der Waals surface area (Å²) in [5.41, 5.74) is 2.42. The van der Waals surface area contributed by atoms with Gasteiger partial charge in [-0.1, -0.05) is 12.1 Å². The second-order valence-electron chi connectivity index (χ2n) is 7.74. The topological polar surface area (TPSA) is 102 Å². The third-order valence-corrected chi connectivity index (χ3v) is 5.66. The molecule has 1 unspecified atom stereocenters. The number of benzene rings is 1. The number of amides is 2. The molecule has 1 aliphatic rings. The van der Waals surface area contributed by atoms with Crippen molar-refractivity contribution in [3.8, 4) is 5.75 Å². The van der Waals surface area contributed by atoms with Gasteiger partial charge >= 0.3 is 0 Å². The molecule has 1 saturated heterocycles. The molecule has 2 aromatic heterocycles. The maximum atomic E-state index is 13.2. The SMILES string of the molecule is COc1ccc(CNC(=O)c2cnc(C)nc2C2CCCN2C(=O)c2ccnn2C)cc1. The Morgan fingerprint density at radius 3 is 2.69 bits per heavy atom. The van der Waals surface area contributed by atoms with Crippen LogP contribution in [-0.4, -0.2) is 50.1 Å². The number of likely N-dealkylation sites (tertiary alicyclic amines) is 1. The molecule has 3 heterocycles. The van der Waals surface area contributed by atoms with Crippen LogP contribution >= 0.6 is 0 Å². The summed E-state index contributed by atoms with van der Waals surface area (Å²) in [6.07, 6.45) is 4.72. The Hall–Kier alpha value is -3.75. The summed E-state index contributed by atoms with van der Waals surface area (Å²) in [7, 11) is 3.35. The highest BCUT2D eigenvalue weighted by atomic mass is 16.5. The van der Waals surface area contributed by atoms with Gasteiger partial charge in [0, 0.05) is 32.5 Å². The van der Waals surface area contributed by atoms with Gasteiger partial charge in [-0.25, -0.2) is 9.97 Å². The summed E-state index contributed by atoms with van der Waals surface area (Å²) in [4.78, 5) is 36.8. The van der Waals surface area contributed by atoms with Crippen LogP contribution in [0, 0.1) is 6.92 Å². The summed E-state index contributed by atoms with van der Waals surface area (Å²) in [6.45, 7) is 2.74. The minimum Gasteiger partial charge on any atom is -0.497 e. The Balaban J connectivity index is 1.56. The molecule has 0 saturated carbocycles. The molecule has 0 aliphatic carbocycles. The fraction of sp³-hybridized carbons (Fsp3) is 0.348. The van der Waals surface area contributed by atoms with Gasteiger partial charge in [-0.05, 0) is 43.5 Å². The van der Waals surface area contributed by atoms with E-state index in [1.807, 2.05) is 24.3 Å². The molecule has 9 heteroatoms. The zero-order valence-corrected chi connectivity index (χ0v) is 18.4. The third kappa shape index (κ3) is 4.32. The van der Waals surface area contributed by atoms with Crippen LogP contribution in [0.15, 0.2) is 42.7 Å². The van der Waals surface area contributed by atoms with Crippen molar-refractivity contribution in [1.29, 1.82) is 0 Å². The van der Waals surface area contributed by atoms with Crippen LogP contribution in [0.5, 0.6) is 5.75 Å². The zero-order valence-electron chi connectivity index (χ0n) is 18.4. The maximum absolute atomic E-state index is 13.2. The van der Waals surface area contributed by atoms with E-state index in [1.54, 1.807) is 49.1 Å². The number of carbonyl (C=O) groups excluding carboxylic acids is 2. The normalized spacial score (nSPS) is 15.6. The number of rotatable bonds is 6. The highest BCUT2D eigenvalue weighted by Gasteiger charge is 2.35. The van der Waals surface area contributed by atoms with Gasteiger partial charge in [-0.3, -0.25) is 14.3 Å². The Kier molecular flexibility index (Phi) is 6.16. The van der Waals surface area contributed by atoms with Crippen LogP contribution in [0.3, 0.4) is 0 Å². The molecule has 9 nitrogen and oxygen atoms in total. The van der Waals surface area contributed by atoms with Crippen molar-refractivity contribution in [3.63, 3.8) is 0 Å². The second kappa shape index (κ2) is 9.17. The summed E-state index contributed by atoms with van der Waals surface area (Å²) in [5, 5.41) is 7.04. The van der Waals surface area contributed by atoms with Gasteiger partial charge in [0.25, 0.3) is 11.8 Å². The van der Waals surface area contributed by atoms with E-state index in [1.165, 1.54) is 0 Å². The average molecular weight is 435 g/mol. The highest BCUT2D eigenvalue weighted by Crippen LogP contribution is 2.33. The molecule has 2 amide bonds. The lowest BCUT2D eigenvalue weighted by Crippen LogP contribution is -2.34. The number of hydrogen-bond donors (Lipinski definition) is 1. The average Bonchev–Trinajstić information content (AvgIpc) is 3.46. The number of hydrogen-bond acceptors (Lipinski definition) is 6. The number of methoxy groups -OCH3 is 1. The standard InChI is InChI=1S/C23H26N6O3/c1-15-24-14-18(22(30)25-13-16-6-8-17(32-3)9-7-16)21(27-15)19-5-4-12-29(19)23(31)20-10-11-26-28(20)2/h6-11,14,19H,4-5,12-13H2,1-3H3,(H,25,30). The second-order valence-corrected chi connectivity index (χ2v) is 7.74. The van der Waals surface area contributed by atoms with Gasteiger partial charge in [-0.15, -0.1) is 0 Å². The van der Waals surface area contributed by atoms with Crippen LogP contribution < -0.4 is 10.1 Å². The lowest BCUT2D eigenvalue weighted by atomic mass is 10.0. The maximum Gasteiger partial charge on any atom is 0.272 e.